The first-order valence-corrected chi connectivity index (χ1v) is 6.30. The van der Waals surface area contributed by atoms with Gasteiger partial charge in [-0.05, 0) is 24.6 Å². The van der Waals surface area contributed by atoms with Crippen LogP contribution in [0.4, 0.5) is 0 Å². The van der Waals surface area contributed by atoms with Gasteiger partial charge in [-0.15, -0.1) is 12.6 Å². The van der Waals surface area contributed by atoms with E-state index in [-0.39, 0.29) is 10.5 Å². The van der Waals surface area contributed by atoms with E-state index in [4.69, 9.17) is 15.9 Å². The average molecular weight is 248 g/mol. The quantitative estimate of drug-likeness (QED) is 0.611. The summed E-state index contributed by atoms with van der Waals surface area (Å²) in [5.74, 6) is 0. The zero-order chi connectivity index (χ0) is 10.9. The van der Waals surface area contributed by atoms with Crippen LogP contribution in [-0.2, 0) is 9.05 Å². The van der Waals surface area contributed by atoms with Crippen molar-refractivity contribution < 1.29 is 8.42 Å². The van der Waals surface area contributed by atoms with Crippen LogP contribution < -0.4 is 0 Å². The molecule has 0 aliphatic carbocycles. The standard InChI is InChI=1S/C8H6ClNO2S2/c1-5-6(4-10)2-7(3-8(5)13)14(9,11)12/h2-3,13H,1H3. The first-order chi connectivity index (χ1) is 6.36. The van der Waals surface area contributed by atoms with Gasteiger partial charge in [0.15, 0.2) is 0 Å². The number of hydrogen-bond acceptors (Lipinski definition) is 4. The van der Waals surface area contributed by atoms with Crippen molar-refractivity contribution in [3.63, 3.8) is 0 Å². The minimum absolute atomic E-state index is 0.105. The fourth-order valence-corrected chi connectivity index (χ4v) is 2.06. The number of hydrogen-bond donors (Lipinski definition) is 1. The van der Waals surface area contributed by atoms with Crippen LogP contribution in [0, 0.1) is 18.3 Å². The van der Waals surface area contributed by atoms with Crippen molar-refractivity contribution in [3.8, 4) is 6.07 Å². The van der Waals surface area contributed by atoms with Gasteiger partial charge in [0.2, 0.25) is 0 Å². The molecular formula is C8H6ClNO2S2. The Hall–Kier alpha value is -0.700. The van der Waals surface area contributed by atoms with Crippen LogP contribution in [-0.4, -0.2) is 8.42 Å². The van der Waals surface area contributed by atoms with E-state index < -0.39 is 9.05 Å². The molecule has 0 saturated heterocycles. The molecule has 0 heterocycles. The van der Waals surface area contributed by atoms with Crippen molar-refractivity contribution in [2.24, 2.45) is 0 Å². The molecule has 0 aliphatic rings. The predicted molar refractivity (Wildman–Crippen MR) is 56.2 cm³/mol. The van der Waals surface area contributed by atoms with Crippen LogP contribution in [0.15, 0.2) is 21.9 Å². The fourth-order valence-electron chi connectivity index (χ4n) is 0.930. The SMILES string of the molecule is Cc1c(S)cc(S(=O)(=O)Cl)cc1C#N. The highest BCUT2D eigenvalue weighted by Gasteiger charge is 2.13. The predicted octanol–water partition coefficient (Wildman–Crippen LogP) is 2.08. The maximum atomic E-state index is 11.0. The Morgan fingerprint density at radius 3 is 2.50 bits per heavy atom. The maximum absolute atomic E-state index is 11.0. The van der Waals surface area contributed by atoms with Crippen LogP contribution in [0.1, 0.15) is 11.1 Å². The van der Waals surface area contributed by atoms with Crippen LogP contribution in [0.3, 0.4) is 0 Å². The van der Waals surface area contributed by atoms with Gasteiger partial charge in [0.25, 0.3) is 9.05 Å². The third-order valence-corrected chi connectivity index (χ3v) is 3.55. The van der Waals surface area contributed by atoms with E-state index >= 15 is 0 Å². The molecule has 0 unspecified atom stereocenters. The van der Waals surface area contributed by atoms with Gasteiger partial charge in [0.1, 0.15) is 0 Å². The van der Waals surface area contributed by atoms with Crippen LogP contribution in [0.5, 0.6) is 0 Å². The number of thiol groups is 1. The summed E-state index contributed by atoms with van der Waals surface area (Å²) >= 11 is 4.05. The zero-order valence-corrected chi connectivity index (χ0v) is 9.62. The first-order valence-electron chi connectivity index (χ1n) is 3.54. The summed E-state index contributed by atoms with van der Waals surface area (Å²) in [6, 6.07) is 4.43. The molecule has 0 N–H and O–H groups in total. The van der Waals surface area contributed by atoms with Gasteiger partial charge in [-0.2, -0.15) is 5.26 Å². The zero-order valence-electron chi connectivity index (χ0n) is 7.15. The van der Waals surface area contributed by atoms with Crippen molar-refractivity contribution in [1.29, 1.82) is 5.26 Å². The summed E-state index contributed by atoms with van der Waals surface area (Å²) in [6.07, 6.45) is 0. The lowest BCUT2D eigenvalue weighted by Gasteiger charge is -2.03. The highest BCUT2D eigenvalue weighted by molar-refractivity contribution is 8.13. The Bertz CT molecular complexity index is 517. The molecule has 0 bridgehead atoms. The second-order valence-electron chi connectivity index (χ2n) is 2.66. The molecule has 14 heavy (non-hydrogen) atoms. The van der Waals surface area contributed by atoms with Crippen molar-refractivity contribution in [3.05, 3.63) is 23.3 Å². The van der Waals surface area contributed by atoms with E-state index in [1.807, 2.05) is 6.07 Å². The highest BCUT2D eigenvalue weighted by Crippen LogP contribution is 2.24. The lowest BCUT2D eigenvalue weighted by molar-refractivity contribution is 0.609. The van der Waals surface area contributed by atoms with E-state index in [2.05, 4.69) is 12.6 Å². The molecule has 74 valence electrons. The third-order valence-electron chi connectivity index (χ3n) is 1.76. The maximum Gasteiger partial charge on any atom is 0.261 e. The summed E-state index contributed by atoms with van der Waals surface area (Å²) in [6.45, 7) is 1.69. The summed E-state index contributed by atoms with van der Waals surface area (Å²) in [5, 5.41) is 8.71. The largest absolute Gasteiger partial charge is 0.261 e. The Morgan fingerprint density at radius 2 is 2.07 bits per heavy atom. The third kappa shape index (κ3) is 2.21. The second-order valence-corrected chi connectivity index (χ2v) is 5.71. The number of rotatable bonds is 1. The van der Waals surface area contributed by atoms with Crippen molar-refractivity contribution in [2.45, 2.75) is 16.7 Å². The van der Waals surface area contributed by atoms with Gasteiger partial charge >= 0.3 is 0 Å². The van der Waals surface area contributed by atoms with E-state index in [0.29, 0.717) is 10.5 Å². The van der Waals surface area contributed by atoms with E-state index in [0.717, 1.165) is 0 Å². The summed E-state index contributed by atoms with van der Waals surface area (Å²) in [4.78, 5) is 0.328. The van der Waals surface area contributed by atoms with Gasteiger partial charge in [-0.1, -0.05) is 0 Å². The number of nitriles is 1. The van der Waals surface area contributed by atoms with Crippen molar-refractivity contribution >= 4 is 32.4 Å². The molecule has 3 nitrogen and oxygen atoms in total. The van der Waals surface area contributed by atoms with E-state index in [9.17, 15) is 8.42 Å². The molecule has 0 fully saturated rings. The number of benzene rings is 1. The molecule has 0 saturated carbocycles. The Morgan fingerprint density at radius 1 is 1.50 bits per heavy atom. The Labute approximate surface area is 92.1 Å². The average Bonchev–Trinajstić information content (AvgIpc) is 2.07. The molecule has 6 heteroatoms. The molecule has 0 radical (unpaired) electrons. The molecule has 0 aliphatic heterocycles. The summed E-state index contributed by atoms with van der Waals surface area (Å²) < 4.78 is 22.0. The lowest BCUT2D eigenvalue weighted by Crippen LogP contribution is -1.94. The van der Waals surface area contributed by atoms with Gasteiger partial charge in [-0.25, -0.2) is 8.42 Å². The Kier molecular flexibility index (Phi) is 3.10. The molecule has 0 atom stereocenters. The minimum atomic E-state index is -3.80. The van der Waals surface area contributed by atoms with Crippen LogP contribution >= 0.6 is 23.3 Å². The normalized spacial score (nSPS) is 11.0. The number of nitrogens with zero attached hydrogens (tertiary/aromatic N) is 1. The monoisotopic (exact) mass is 247 g/mol. The second kappa shape index (κ2) is 3.81. The number of halogens is 1. The van der Waals surface area contributed by atoms with Crippen molar-refractivity contribution in [2.75, 3.05) is 0 Å². The van der Waals surface area contributed by atoms with Gasteiger partial charge in [0.05, 0.1) is 16.5 Å². The Balaban J connectivity index is 3.56. The first kappa shape index (κ1) is 11.4. The lowest BCUT2D eigenvalue weighted by atomic mass is 10.1. The molecule has 0 amide bonds. The van der Waals surface area contributed by atoms with Gasteiger partial charge < -0.3 is 0 Å². The van der Waals surface area contributed by atoms with E-state index in [1.54, 1.807) is 6.92 Å². The van der Waals surface area contributed by atoms with Gasteiger partial charge in [-0.3, -0.25) is 0 Å². The highest BCUT2D eigenvalue weighted by atomic mass is 35.7. The molecule has 0 aromatic heterocycles. The smallest absolute Gasteiger partial charge is 0.207 e. The molecule has 1 aromatic carbocycles. The van der Waals surface area contributed by atoms with Crippen LogP contribution in [0.2, 0.25) is 0 Å². The molecule has 0 spiro atoms. The minimum Gasteiger partial charge on any atom is -0.207 e. The topological polar surface area (TPSA) is 57.9 Å². The molecule has 1 rings (SSSR count). The van der Waals surface area contributed by atoms with Gasteiger partial charge in [0, 0.05) is 15.6 Å². The molecule has 1 aromatic rings. The summed E-state index contributed by atoms with van der Waals surface area (Å²) in [5.41, 5.74) is 0.900. The fraction of sp³-hybridized carbons (Fsp3) is 0.125. The van der Waals surface area contributed by atoms with Crippen LogP contribution in [0.25, 0.3) is 0 Å². The van der Waals surface area contributed by atoms with Crippen molar-refractivity contribution in [1.82, 2.24) is 0 Å². The molecular weight excluding hydrogens is 242 g/mol. The van der Waals surface area contributed by atoms with E-state index in [1.165, 1.54) is 12.1 Å². The summed E-state index contributed by atoms with van der Waals surface area (Å²) in [7, 11) is 1.34.